The van der Waals surface area contributed by atoms with Crippen molar-refractivity contribution in [2.75, 3.05) is 13.1 Å². The molecule has 0 aromatic heterocycles. The van der Waals surface area contributed by atoms with Crippen LogP contribution in [0.2, 0.25) is 0 Å². The van der Waals surface area contributed by atoms with Crippen LogP contribution in [0.5, 0.6) is 0 Å². The van der Waals surface area contributed by atoms with Crippen molar-refractivity contribution in [3.05, 3.63) is 35.4 Å². The van der Waals surface area contributed by atoms with E-state index in [-0.39, 0.29) is 43.7 Å². The van der Waals surface area contributed by atoms with Gasteiger partial charge in [-0.1, -0.05) is 31.5 Å². The van der Waals surface area contributed by atoms with E-state index in [4.69, 9.17) is 5.11 Å². The summed E-state index contributed by atoms with van der Waals surface area (Å²) in [5, 5.41) is 21.9. The molecule has 0 aliphatic carbocycles. The van der Waals surface area contributed by atoms with Gasteiger partial charge in [0.2, 0.25) is 5.91 Å². The predicted molar refractivity (Wildman–Crippen MR) is 95.7 cm³/mol. The summed E-state index contributed by atoms with van der Waals surface area (Å²) in [6.45, 7) is 5.90. The van der Waals surface area contributed by atoms with Crippen molar-refractivity contribution in [2.24, 2.45) is 5.92 Å². The van der Waals surface area contributed by atoms with Gasteiger partial charge >= 0.3 is 5.97 Å². The molecule has 1 heterocycles. The van der Waals surface area contributed by atoms with E-state index in [2.05, 4.69) is 5.32 Å². The first-order valence-electron chi connectivity index (χ1n) is 8.76. The Balaban J connectivity index is 2.05. The molecule has 2 rings (SSSR count). The summed E-state index contributed by atoms with van der Waals surface area (Å²) in [7, 11) is 0. The van der Waals surface area contributed by atoms with Gasteiger partial charge in [0.1, 0.15) is 6.04 Å². The number of nitrogens with one attached hydrogen (secondary N) is 1. The number of amides is 2. The van der Waals surface area contributed by atoms with Crippen LogP contribution >= 0.6 is 0 Å². The number of aliphatic carboxylic acids is 1. The van der Waals surface area contributed by atoms with Gasteiger partial charge in [0.25, 0.3) is 5.91 Å². The second-order valence-corrected chi connectivity index (χ2v) is 7.22. The number of benzene rings is 1. The van der Waals surface area contributed by atoms with Crippen LogP contribution in [0.3, 0.4) is 0 Å². The summed E-state index contributed by atoms with van der Waals surface area (Å²) in [6.07, 6.45) is -0.0460. The molecule has 1 atom stereocenters. The molecule has 1 aliphatic heterocycles. The van der Waals surface area contributed by atoms with Crippen molar-refractivity contribution in [3.63, 3.8) is 0 Å². The largest absolute Gasteiger partial charge is 0.479 e. The van der Waals surface area contributed by atoms with Gasteiger partial charge in [0.15, 0.2) is 5.60 Å². The molecule has 0 saturated carbocycles. The van der Waals surface area contributed by atoms with Crippen molar-refractivity contribution >= 4 is 17.8 Å². The van der Waals surface area contributed by atoms with Gasteiger partial charge < -0.3 is 20.4 Å². The fourth-order valence-electron chi connectivity index (χ4n) is 2.95. The SMILES string of the molecule is Cc1ccc(C(=O)NC(C(=O)N2CCC(O)(C(=O)O)CC2)C(C)C)cc1. The predicted octanol–water partition coefficient (Wildman–Crippen LogP) is 1.19. The highest BCUT2D eigenvalue weighted by Gasteiger charge is 2.41. The number of carboxylic acids is 1. The van der Waals surface area contributed by atoms with Gasteiger partial charge in [-0.3, -0.25) is 9.59 Å². The van der Waals surface area contributed by atoms with Crippen molar-refractivity contribution in [1.29, 1.82) is 0 Å². The normalized spacial score (nSPS) is 17.7. The lowest BCUT2D eigenvalue weighted by Crippen LogP contribution is -2.56. The second-order valence-electron chi connectivity index (χ2n) is 7.22. The van der Waals surface area contributed by atoms with E-state index < -0.39 is 17.6 Å². The molecule has 7 heteroatoms. The number of aliphatic hydroxyl groups is 1. The maximum Gasteiger partial charge on any atom is 0.335 e. The van der Waals surface area contributed by atoms with Gasteiger partial charge in [-0.05, 0) is 25.0 Å². The van der Waals surface area contributed by atoms with Gasteiger partial charge in [0, 0.05) is 31.5 Å². The summed E-state index contributed by atoms with van der Waals surface area (Å²) in [4.78, 5) is 37.9. The number of hydrogen-bond acceptors (Lipinski definition) is 4. The second kappa shape index (κ2) is 7.86. The van der Waals surface area contributed by atoms with Crippen molar-refractivity contribution < 1.29 is 24.6 Å². The summed E-state index contributed by atoms with van der Waals surface area (Å²) < 4.78 is 0. The molecule has 26 heavy (non-hydrogen) atoms. The van der Waals surface area contributed by atoms with Crippen LogP contribution in [-0.4, -0.2) is 57.6 Å². The molecule has 1 unspecified atom stereocenters. The van der Waals surface area contributed by atoms with Gasteiger partial charge in [0.05, 0.1) is 0 Å². The molecule has 2 amide bonds. The van der Waals surface area contributed by atoms with E-state index in [0.717, 1.165) is 5.56 Å². The summed E-state index contributed by atoms with van der Waals surface area (Å²) in [5.41, 5.74) is -0.264. The first-order valence-corrected chi connectivity index (χ1v) is 8.76. The van der Waals surface area contributed by atoms with E-state index in [9.17, 15) is 19.5 Å². The third-order valence-corrected chi connectivity index (χ3v) is 4.83. The van der Waals surface area contributed by atoms with Crippen LogP contribution in [0.4, 0.5) is 0 Å². The molecule has 7 nitrogen and oxygen atoms in total. The fraction of sp³-hybridized carbons (Fsp3) is 0.526. The maximum atomic E-state index is 12.8. The minimum Gasteiger partial charge on any atom is -0.479 e. The standard InChI is InChI=1S/C19H26N2O5/c1-12(2)15(20-16(22)14-6-4-13(3)5-7-14)17(23)21-10-8-19(26,9-11-21)18(24)25/h4-7,12,15,26H,8-11H2,1-3H3,(H,20,22)(H,24,25). The number of piperidine rings is 1. The lowest BCUT2D eigenvalue weighted by molar-refractivity contribution is -0.165. The Hall–Kier alpha value is -2.41. The van der Waals surface area contributed by atoms with Crippen LogP contribution < -0.4 is 5.32 Å². The Morgan fingerprint density at radius 2 is 1.65 bits per heavy atom. The lowest BCUT2D eigenvalue weighted by Gasteiger charge is -2.37. The number of hydrogen-bond donors (Lipinski definition) is 3. The van der Waals surface area contributed by atoms with Crippen LogP contribution in [-0.2, 0) is 9.59 Å². The third-order valence-electron chi connectivity index (χ3n) is 4.83. The highest BCUT2D eigenvalue weighted by atomic mass is 16.4. The van der Waals surface area contributed by atoms with Crippen LogP contribution in [0, 0.1) is 12.8 Å². The zero-order chi connectivity index (χ0) is 19.5. The third kappa shape index (κ3) is 4.40. The molecule has 1 aromatic carbocycles. The van der Waals surface area contributed by atoms with Gasteiger partial charge in [-0.15, -0.1) is 0 Å². The fourth-order valence-corrected chi connectivity index (χ4v) is 2.95. The summed E-state index contributed by atoms with van der Waals surface area (Å²) in [6, 6.07) is 6.37. The number of aryl methyl sites for hydroxylation is 1. The average molecular weight is 362 g/mol. The highest BCUT2D eigenvalue weighted by molar-refractivity contribution is 5.97. The molecule has 142 valence electrons. The Morgan fingerprint density at radius 1 is 1.12 bits per heavy atom. The molecule has 0 radical (unpaired) electrons. The minimum absolute atomic E-state index is 0.0230. The number of carbonyl (C=O) groups is 3. The van der Waals surface area contributed by atoms with Gasteiger partial charge in [-0.2, -0.15) is 0 Å². The molecule has 1 saturated heterocycles. The molecule has 0 spiro atoms. The van der Waals surface area contributed by atoms with E-state index in [1.165, 1.54) is 4.90 Å². The number of nitrogens with zero attached hydrogens (tertiary/aromatic N) is 1. The quantitative estimate of drug-likeness (QED) is 0.729. The molecule has 3 N–H and O–H groups in total. The molecule has 1 aliphatic rings. The van der Waals surface area contributed by atoms with Gasteiger partial charge in [-0.25, -0.2) is 4.79 Å². The van der Waals surface area contributed by atoms with Crippen LogP contribution in [0.1, 0.15) is 42.6 Å². The monoisotopic (exact) mass is 362 g/mol. The maximum absolute atomic E-state index is 12.8. The average Bonchev–Trinajstić information content (AvgIpc) is 2.59. The number of rotatable bonds is 5. The van der Waals surface area contributed by atoms with E-state index >= 15 is 0 Å². The Labute approximate surface area is 153 Å². The highest BCUT2D eigenvalue weighted by Crippen LogP contribution is 2.23. The van der Waals surface area contributed by atoms with E-state index in [1.54, 1.807) is 12.1 Å². The number of likely N-dealkylation sites (tertiary alicyclic amines) is 1. The Kier molecular flexibility index (Phi) is 6.02. The Bertz CT molecular complexity index is 676. The molecule has 1 fully saturated rings. The Morgan fingerprint density at radius 3 is 2.12 bits per heavy atom. The summed E-state index contributed by atoms with van der Waals surface area (Å²) in [5.74, 6) is -1.97. The smallest absolute Gasteiger partial charge is 0.335 e. The molecular weight excluding hydrogens is 336 g/mol. The minimum atomic E-state index is -1.78. The first-order chi connectivity index (χ1) is 12.1. The summed E-state index contributed by atoms with van der Waals surface area (Å²) >= 11 is 0. The zero-order valence-corrected chi connectivity index (χ0v) is 15.4. The van der Waals surface area contributed by atoms with E-state index in [0.29, 0.717) is 5.56 Å². The topological polar surface area (TPSA) is 107 Å². The molecular formula is C19H26N2O5. The number of carboxylic acid groups (broad SMARTS) is 1. The number of carbonyl (C=O) groups excluding carboxylic acids is 2. The van der Waals surface area contributed by atoms with Crippen LogP contribution in [0.25, 0.3) is 0 Å². The van der Waals surface area contributed by atoms with Crippen molar-refractivity contribution in [1.82, 2.24) is 10.2 Å². The van der Waals surface area contributed by atoms with Crippen molar-refractivity contribution in [3.8, 4) is 0 Å². The van der Waals surface area contributed by atoms with E-state index in [1.807, 2.05) is 32.9 Å². The van der Waals surface area contributed by atoms with Crippen molar-refractivity contribution in [2.45, 2.75) is 45.3 Å². The first kappa shape index (κ1) is 19.9. The lowest BCUT2D eigenvalue weighted by atomic mass is 9.90. The molecule has 1 aromatic rings. The zero-order valence-electron chi connectivity index (χ0n) is 15.4. The van der Waals surface area contributed by atoms with Crippen LogP contribution in [0.15, 0.2) is 24.3 Å². The molecule has 0 bridgehead atoms.